The van der Waals surface area contributed by atoms with Gasteiger partial charge in [-0.3, -0.25) is 4.72 Å². The van der Waals surface area contributed by atoms with Crippen molar-refractivity contribution in [3.05, 3.63) is 54.4 Å². The van der Waals surface area contributed by atoms with Gasteiger partial charge in [0.25, 0.3) is 0 Å². The lowest BCUT2D eigenvalue weighted by molar-refractivity contribution is 0.598. The van der Waals surface area contributed by atoms with Crippen LogP contribution in [0.3, 0.4) is 0 Å². The summed E-state index contributed by atoms with van der Waals surface area (Å²) < 4.78 is 26.4. The highest BCUT2D eigenvalue weighted by atomic mass is 32.2. The highest BCUT2D eigenvalue weighted by Gasteiger charge is 2.09. The summed E-state index contributed by atoms with van der Waals surface area (Å²) in [5.74, 6) is 0.857. The van der Waals surface area contributed by atoms with E-state index >= 15 is 0 Å². The molecule has 0 spiro atoms. The minimum atomic E-state index is -3.29. The maximum absolute atomic E-state index is 11.9. The molecule has 0 bridgehead atoms. The molecular formula is C19H24N4O2S. The molecule has 0 atom stereocenters. The van der Waals surface area contributed by atoms with Crippen molar-refractivity contribution in [2.75, 3.05) is 22.3 Å². The van der Waals surface area contributed by atoms with E-state index in [1.54, 1.807) is 12.1 Å². The quantitative estimate of drug-likeness (QED) is 0.534. The Kier molecular flexibility index (Phi) is 5.78. The Balaban J connectivity index is 1.53. The zero-order chi connectivity index (χ0) is 18.4. The molecular weight excluding hydrogens is 348 g/mol. The van der Waals surface area contributed by atoms with E-state index in [1.807, 2.05) is 25.3 Å². The zero-order valence-electron chi connectivity index (χ0n) is 14.8. The molecule has 6 nitrogen and oxygen atoms in total. The van der Waals surface area contributed by atoms with Crippen molar-refractivity contribution in [3.8, 4) is 0 Å². The number of unbranched alkanes of at least 4 members (excludes halogenated alkanes) is 1. The van der Waals surface area contributed by atoms with Crippen LogP contribution < -0.4 is 10.0 Å². The Bertz CT molecular complexity index is 949. The molecule has 7 heteroatoms. The number of fused-ring (bicyclic) bond motifs is 1. The van der Waals surface area contributed by atoms with E-state index in [0.29, 0.717) is 12.1 Å². The molecule has 138 valence electrons. The lowest BCUT2D eigenvalue weighted by Crippen LogP contribution is -2.16. The van der Waals surface area contributed by atoms with Gasteiger partial charge >= 0.3 is 0 Å². The number of hydrogen-bond acceptors (Lipinski definition) is 4. The summed E-state index contributed by atoms with van der Waals surface area (Å²) in [5, 5.41) is 4.51. The van der Waals surface area contributed by atoms with Gasteiger partial charge in [0.2, 0.25) is 10.0 Å². The summed E-state index contributed by atoms with van der Waals surface area (Å²) in [7, 11) is -3.29. The molecule has 0 radical (unpaired) electrons. The van der Waals surface area contributed by atoms with Crippen molar-refractivity contribution in [3.63, 3.8) is 0 Å². The molecule has 1 aromatic carbocycles. The molecule has 3 aromatic rings. The lowest BCUT2D eigenvalue weighted by atomic mass is 10.1. The van der Waals surface area contributed by atoms with Crippen molar-refractivity contribution in [1.29, 1.82) is 0 Å². The smallest absolute Gasteiger partial charge is 0.232 e. The van der Waals surface area contributed by atoms with E-state index in [2.05, 4.69) is 32.1 Å². The Morgan fingerprint density at radius 3 is 2.77 bits per heavy atom. The first kappa shape index (κ1) is 18.3. The minimum Gasteiger partial charge on any atom is -0.370 e. The third-order valence-corrected chi connectivity index (χ3v) is 5.55. The van der Waals surface area contributed by atoms with Crippen molar-refractivity contribution >= 4 is 32.4 Å². The fraction of sp³-hybridized carbons (Fsp3) is 0.316. The normalized spacial score (nSPS) is 11.6. The van der Waals surface area contributed by atoms with E-state index in [9.17, 15) is 8.42 Å². The van der Waals surface area contributed by atoms with Crippen LogP contribution in [0.4, 0.5) is 11.5 Å². The molecule has 0 saturated carbocycles. The number of benzene rings is 1. The van der Waals surface area contributed by atoms with Crippen LogP contribution in [-0.2, 0) is 16.4 Å². The first-order valence-electron chi connectivity index (χ1n) is 8.83. The van der Waals surface area contributed by atoms with E-state index in [-0.39, 0.29) is 5.75 Å². The number of sulfonamides is 1. The number of aromatic nitrogens is 2. The van der Waals surface area contributed by atoms with Crippen molar-refractivity contribution in [2.45, 2.75) is 26.2 Å². The van der Waals surface area contributed by atoms with Crippen LogP contribution >= 0.6 is 0 Å². The van der Waals surface area contributed by atoms with Gasteiger partial charge in [0.05, 0.1) is 17.6 Å². The number of para-hydroxylation sites is 1. The van der Waals surface area contributed by atoms with Crippen molar-refractivity contribution < 1.29 is 8.42 Å². The van der Waals surface area contributed by atoms with Gasteiger partial charge in [-0.05, 0) is 36.6 Å². The second-order valence-corrected chi connectivity index (χ2v) is 8.08. The van der Waals surface area contributed by atoms with Gasteiger partial charge in [0.15, 0.2) is 0 Å². The number of nitrogens with one attached hydrogen (secondary N) is 3. The van der Waals surface area contributed by atoms with Gasteiger partial charge in [0, 0.05) is 23.6 Å². The number of rotatable bonds is 9. The van der Waals surface area contributed by atoms with Gasteiger partial charge in [-0.2, -0.15) is 0 Å². The van der Waals surface area contributed by atoms with Crippen molar-refractivity contribution in [2.24, 2.45) is 0 Å². The Morgan fingerprint density at radius 1 is 1.15 bits per heavy atom. The largest absolute Gasteiger partial charge is 0.370 e. The maximum atomic E-state index is 11.9. The fourth-order valence-electron chi connectivity index (χ4n) is 2.79. The first-order chi connectivity index (χ1) is 12.6. The highest BCUT2D eigenvalue weighted by molar-refractivity contribution is 7.92. The van der Waals surface area contributed by atoms with Gasteiger partial charge in [-0.25, -0.2) is 13.4 Å². The predicted molar refractivity (Wildman–Crippen MR) is 107 cm³/mol. The highest BCUT2D eigenvalue weighted by Crippen LogP contribution is 2.18. The predicted octanol–water partition coefficient (Wildman–Crippen LogP) is 3.76. The summed E-state index contributed by atoms with van der Waals surface area (Å²) in [4.78, 5) is 7.55. The molecule has 0 amide bonds. The molecule has 0 aliphatic rings. The summed E-state index contributed by atoms with van der Waals surface area (Å²) >= 11 is 0. The number of H-pyrrole nitrogens is 1. The minimum absolute atomic E-state index is 0.133. The van der Waals surface area contributed by atoms with Crippen LogP contribution in [-0.4, -0.2) is 30.7 Å². The number of aromatic amines is 1. The van der Waals surface area contributed by atoms with E-state index in [0.717, 1.165) is 30.7 Å². The molecule has 2 aromatic heterocycles. The van der Waals surface area contributed by atoms with Crippen LogP contribution in [0.15, 0.2) is 48.8 Å². The van der Waals surface area contributed by atoms with Crippen LogP contribution in [0.2, 0.25) is 0 Å². The molecule has 26 heavy (non-hydrogen) atoms. The van der Waals surface area contributed by atoms with Crippen molar-refractivity contribution in [1.82, 2.24) is 9.97 Å². The first-order valence-corrected chi connectivity index (χ1v) is 10.5. The van der Waals surface area contributed by atoms with Crippen LogP contribution in [0.1, 0.15) is 25.3 Å². The fourth-order valence-corrected chi connectivity index (χ4v) is 4.04. The third kappa shape index (κ3) is 4.76. The summed E-state index contributed by atoms with van der Waals surface area (Å²) in [5.41, 5.74) is 2.89. The summed E-state index contributed by atoms with van der Waals surface area (Å²) in [6.45, 7) is 2.71. The van der Waals surface area contributed by atoms with E-state index in [1.165, 1.54) is 17.1 Å². The molecule has 0 aliphatic carbocycles. The molecule has 3 N–H and O–H groups in total. The average molecular weight is 372 g/mol. The molecule has 0 fully saturated rings. The molecule has 3 rings (SSSR count). The Morgan fingerprint density at radius 2 is 2.00 bits per heavy atom. The summed E-state index contributed by atoms with van der Waals surface area (Å²) in [6.07, 6.45) is 5.94. The second-order valence-electron chi connectivity index (χ2n) is 6.24. The molecule has 2 heterocycles. The van der Waals surface area contributed by atoms with E-state index in [4.69, 9.17) is 0 Å². The Hall–Kier alpha value is -2.54. The van der Waals surface area contributed by atoms with Crippen LogP contribution in [0.25, 0.3) is 10.9 Å². The lowest BCUT2D eigenvalue weighted by Gasteiger charge is -2.09. The Labute approximate surface area is 154 Å². The number of nitrogens with zero attached hydrogens (tertiary/aromatic N) is 1. The van der Waals surface area contributed by atoms with E-state index < -0.39 is 10.0 Å². The van der Waals surface area contributed by atoms with Crippen LogP contribution in [0, 0.1) is 0 Å². The zero-order valence-corrected chi connectivity index (χ0v) is 15.6. The SMILES string of the molecule is CCCCS(=O)(=O)Nc1ccc(NCCc2c[nH]c3ccccc23)nc1. The van der Waals surface area contributed by atoms with Gasteiger partial charge in [-0.1, -0.05) is 31.5 Å². The van der Waals surface area contributed by atoms with Crippen LogP contribution in [0.5, 0.6) is 0 Å². The van der Waals surface area contributed by atoms with Gasteiger partial charge < -0.3 is 10.3 Å². The topological polar surface area (TPSA) is 86.9 Å². The number of pyridine rings is 1. The molecule has 0 unspecified atom stereocenters. The van der Waals surface area contributed by atoms with Gasteiger partial charge in [-0.15, -0.1) is 0 Å². The average Bonchev–Trinajstić information content (AvgIpc) is 3.05. The maximum Gasteiger partial charge on any atom is 0.232 e. The molecule has 0 saturated heterocycles. The standard InChI is InChI=1S/C19H24N4O2S/c1-2-3-12-26(24,25)23-16-8-9-19(22-14-16)20-11-10-15-13-21-18-7-5-4-6-17(15)18/h4-9,13-14,21,23H,2-3,10-12H2,1H3,(H,20,22). The summed E-state index contributed by atoms with van der Waals surface area (Å²) in [6, 6.07) is 11.7. The molecule has 0 aliphatic heterocycles. The number of hydrogen-bond donors (Lipinski definition) is 3. The monoisotopic (exact) mass is 372 g/mol. The van der Waals surface area contributed by atoms with Gasteiger partial charge in [0.1, 0.15) is 5.82 Å². The number of anilines is 2. The second kappa shape index (κ2) is 8.23. The third-order valence-electron chi connectivity index (χ3n) is 4.18.